The van der Waals surface area contributed by atoms with Crippen LogP contribution in [0.5, 0.6) is 11.5 Å². The maximum Gasteiger partial charge on any atom is 0.331 e. The molecule has 5 heteroatoms. The van der Waals surface area contributed by atoms with Gasteiger partial charge in [-0.05, 0) is 158 Å². The molecule has 0 amide bonds. The van der Waals surface area contributed by atoms with Gasteiger partial charge in [0.15, 0.2) is 5.75 Å². The summed E-state index contributed by atoms with van der Waals surface area (Å²) in [4.78, 5) is 13.1. The summed E-state index contributed by atoms with van der Waals surface area (Å²) >= 11 is 0. The molecule has 4 fully saturated rings. The van der Waals surface area contributed by atoms with Crippen molar-refractivity contribution >= 4 is 20.4 Å². The Hall–Kier alpha value is -1.75. The fourth-order valence-electron chi connectivity index (χ4n) is 11.0. The third-order valence-corrected chi connectivity index (χ3v) is 20.0. The smallest absolute Gasteiger partial charge is 0.331 e. The van der Waals surface area contributed by atoms with Gasteiger partial charge in [0.25, 0.3) is 8.32 Å². The van der Waals surface area contributed by atoms with Crippen molar-refractivity contribution in [3.05, 3.63) is 29.8 Å². The van der Waals surface area contributed by atoms with Gasteiger partial charge in [0.2, 0.25) is 0 Å². The molecule has 1 aromatic rings. The highest BCUT2D eigenvalue weighted by molar-refractivity contribution is 6.74. The number of benzene rings is 1. The van der Waals surface area contributed by atoms with Crippen LogP contribution in [0.3, 0.4) is 0 Å². The SMILES string of the molecule is COc1cc(/C=C/C(=O)O[C@H]2CC[C@@]3(C)[C@@H](CC[C@@H]4[C@@H]3CC[C@]3(C)[C@@H]([C@H](C)CC[C@@H](C)C(C)C)CC[C@@H]43)C2)ccc1O[Si](C)(C)C(C)(C)C. The third kappa shape index (κ3) is 7.87. The molecule has 0 aromatic heterocycles. The summed E-state index contributed by atoms with van der Waals surface area (Å²) in [6, 6.07) is 5.92. The number of ether oxygens (including phenoxy) is 2. The van der Waals surface area contributed by atoms with Gasteiger partial charge in [-0.25, -0.2) is 4.79 Å². The molecular weight excluding hydrogens is 621 g/mol. The van der Waals surface area contributed by atoms with Crippen molar-refractivity contribution in [3.63, 3.8) is 0 Å². The van der Waals surface area contributed by atoms with Crippen LogP contribution in [0.1, 0.15) is 139 Å². The van der Waals surface area contributed by atoms with Gasteiger partial charge in [-0.2, -0.15) is 0 Å². The molecule has 4 nitrogen and oxygen atoms in total. The summed E-state index contributed by atoms with van der Waals surface area (Å²) in [7, 11) is -0.324. The Balaban J connectivity index is 1.16. The third-order valence-electron chi connectivity index (χ3n) is 15.6. The second-order valence-corrected chi connectivity index (χ2v) is 24.3. The van der Waals surface area contributed by atoms with E-state index in [4.69, 9.17) is 13.9 Å². The van der Waals surface area contributed by atoms with E-state index in [1.807, 2.05) is 24.3 Å². The zero-order valence-corrected chi connectivity index (χ0v) is 34.5. The molecule has 0 N–H and O–H groups in total. The van der Waals surface area contributed by atoms with Crippen LogP contribution in [0.25, 0.3) is 6.08 Å². The predicted molar refractivity (Wildman–Crippen MR) is 207 cm³/mol. The average Bonchev–Trinajstić information content (AvgIpc) is 3.39. The first kappa shape index (κ1) is 38.5. The lowest BCUT2D eigenvalue weighted by Gasteiger charge is -2.61. The normalized spacial score (nSPS) is 34.6. The maximum atomic E-state index is 13.1. The van der Waals surface area contributed by atoms with Crippen molar-refractivity contribution in [1.82, 2.24) is 0 Å². The van der Waals surface area contributed by atoms with Crippen molar-refractivity contribution in [2.75, 3.05) is 7.11 Å². The lowest BCUT2D eigenvalue weighted by atomic mass is 9.44. The number of esters is 1. The number of carbonyl (C=O) groups is 1. The highest BCUT2D eigenvalue weighted by atomic mass is 28.4. The molecule has 49 heavy (non-hydrogen) atoms. The molecular formula is C44H72O4Si. The molecule has 0 aliphatic heterocycles. The zero-order valence-electron chi connectivity index (χ0n) is 33.5. The molecule has 4 aliphatic rings. The predicted octanol–water partition coefficient (Wildman–Crippen LogP) is 12.4. The van der Waals surface area contributed by atoms with Crippen LogP contribution in [-0.2, 0) is 9.53 Å². The second-order valence-electron chi connectivity index (χ2n) is 19.6. The topological polar surface area (TPSA) is 44.8 Å². The van der Waals surface area contributed by atoms with Crippen LogP contribution >= 0.6 is 0 Å². The zero-order chi connectivity index (χ0) is 35.9. The minimum absolute atomic E-state index is 0.0282. The van der Waals surface area contributed by atoms with Gasteiger partial charge in [-0.3, -0.25) is 0 Å². The van der Waals surface area contributed by atoms with Crippen LogP contribution in [-0.4, -0.2) is 27.5 Å². The van der Waals surface area contributed by atoms with Crippen LogP contribution in [0.2, 0.25) is 18.1 Å². The van der Waals surface area contributed by atoms with E-state index in [1.165, 1.54) is 57.8 Å². The molecule has 276 valence electrons. The molecule has 4 saturated carbocycles. The Bertz CT molecular complexity index is 1330. The van der Waals surface area contributed by atoms with Crippen molar-refractivity contribution in [1.29, 1.82) is 0 Å². The molecule has 5 rings (SSSR count). The fraction of sp³-hybridized carbons (Fsp3) is 0.795. The van der Waals surface area contributed by atoms with Gasteiger partial charge >= 0.3 is 5.97 Å². The highest BCUT2D eigenvalue weighted by Crippen LogP contribution is 2.68. The van der Waals surface area contributed by atoms with Gasteiger partial charge in [0.1, 0.15) is 11.9 Å². The highest BCUT2D eigenvalue weighted by Gasteiger charge is 2.60. The molecule has 0 saturated heterocycles. The van der Waals surface area contributed by atoms with E-state index in [9.17, 15) is 4.79 Å². The Morgan fingerprint density at radius 1 is 0.918 bits per heavy atom. The number of hydrogen-bond donors (Lipinski definition) is 0. The first-order chi connectivity index (χ1) is 22.9. The summed E-state index contributed by atoms with van der Waals surface area (Å²) in [6.07, 6.45) is 17.9. The maximum absolute atomic E-state index is 13.1. The molecule has 0 spiro atoms. The van der Waals surface area contributed by atoms with Gasteiger partial charge in [0.05, 0.1) is 7.11 Å². The number of methoxy groups -OCH3 is 1. The largest absolute Gasteiger partial charge is 0.541 e. The monoisotopic (exact) mass is 693 g/mol. The van der Waals surface area contributed by atoms with Crippen molar-refractivity contribution in [3.8, 4) is 11.5 Å². The molecule has 0 radical (unpaired) electrons. The van der Waals surface area contributed by atoms with E-state index >= 15 is 0 Å². The minimum Gasteiger partial charge on any atom is -0.541 e. The number of carbonyl (C=O) groups excluding carboxylic acids is 1. The Morgan fingerprint density at radius 3 is 2.29 bits per heavy atom. The molecule has 10 atom stereocenters. The average molecular weight is 693 g/mol. The van der Waals surface area contributed by atoms with E-state index in [-0.39, 0.29) is 17.1 Å². The van der Waals surface area contributed by atoms with E-state index in [0.717, 1.165) is 65.6 Å². The number of hydrogen-bond acceptors (Lipinski definition) is 4. The standard InChI is InChI=1S/C44H72O4Si/c1-29(2)30(3)13-14-31(4)36-19-20-37-35-18-17-33-28-34(23-25-43(33,8)38(35)24-26-44(36,37)9)47-41(45)22-16-32-15-21-39(40(27-32)46-10)48-49(11,12)42(5,6)7/h15-16,21-22,27,29-31,33-38H,13-14,17-20,23-26,28H2,1-12H3/b22-16+/t30-,31-,33+,34+,35+,36-,37+,38+,43+,44-/m1/s1. The molecule has 0 bridgehead atoms. The lowest BCUT2D eigenvalue weighted by molar-refractivity contribution is -0.157. The Morgan fingerprint density at radius 2 is 1.61 bits per heavy atom. The van der Waals surface area contributed by atoms with Crippen LogP contribution in [0, 0.1) is 58.2 Å². The van der Waals surface area contributed by atoms with Crippen molar-refractivity contribution in [2.45, 2.75) is 157 Å². The van der Waals surface area contributed by atoms with Gasteiger partial charge in [-0.15, -0.1) is 0 Å². The van der Waals surface area contributed by atoms with Crippen molar-refractivity contribution in [2.24, 2.45) is 58.2 Å². The van der Waals surface area contributed by atoms with E-state index in [1.54, 1.807) is 13.2 Å². The van der Waals surface area contributed by atoms with Crippen LogP contribution in [0.4, 0.5) is 0 Å². The lowest BCUT2D eigenvalue weighted by Crippen LogP contribution is -2.54. The van der Waals surface area contributed by atoms with E-state index in [0.29, 0.717) is 22.5 Å². The van der Waals surface area contributed by atoms with Gasteiger partial charge in [0, 0.05) is 6.08 Å². The van der Waals surface area contributed by atoms with Gasteiger partial charge < -0.3 is 13.9 Å². The molecule has 0 heterocycles. The Labute approximate surface area is 302 Å². The summed E-state index contributed by atoms with van der Waals surface area (Å²) in [5, 5.41) is 0.0952. The summed E-state index contributed by atoms with van der Waals surface area (Å²) in [5.41, 5.74) is 1.83. The summed E-state index contributed by atoms with van der Waals surface area (Å²) in [5.74, 6) is 7.92. The molecule has 4 aliphatic carbocycles. The fourth-order valence-corrected chi connectivity index (χ4v) is 12.1. The quantitative estimate of drug-likeness (QED) is 0.132. The van der Waals surface area contributed by atoms with Gasteiger partial charge in [-0.1, -0.05) is 81.2 Å². The molecule has 1 aromatic carbocycles. The van der Waals surface area contributed by atoms with E-state index < -0.39 is 8.32 Å². The summed E-state index contributed by atoms with van der Waals surface area (Å²) < 4.78 is 18.3. The summed E-state index contributed by atoms with van der Waals surface area (Å²) in [6.45, 7) is 26.3. The van der Waals surface area contributed by atoms with Crippen LogP contribution in [0.15, 0.2) is 24.3 Å². The van der Waals surface area contributed by atoms with Crippen LogP contribution < -0.4 is 9.16 Å². The molecule has 0 unspecified atom stereocenters. The van der Waals surface area contributed by atoms with E-state index in [2.05, 4.69) is 75.4 Å². The second kappa shape index (κ2) is 14.7. The number of fused-ring (bicyclic) bond motifs is 5. The first-order valence-corrected chi connectivity index (χ1v) is 23.1. The Kier molecular flexibility index (Phi) is 11.5. The van der Waals surface area contributed by atoms with Crippen molar-refractivity contribution < 1.29 is 18.7 Å². The first-order valence-electron chi connectivity index (χ1n) is 20.2. The minimum atomic E-state index is -2.00. The number of rotatable bonds is 11.